The van der Waals surface area contributed by atoms with Crippen LogP contribution in [0.1, 0.15) is 102 Å². The second-order valence-corrected chi connectivity index (χ2v) is 32.8. The van der Waals surface area contributed by atoms with Crippen LogP contribution < -0.4 is 66.3 Å². The zero-order chi connectivity index (χ0) is 89.6. The standard InChI is InChI=1S/C116H105NO15/c1-117-52-26-43-115(117)116(118,99-44-48-101(49-45-99)119-79-93-53-111(129-81-95-57-103(121-71-85-27-10-2-11-28-85)65-104(58-95)122-72-86-29-12-3-13-30-86)69-112(54-93)130-82-96-59-105(123-73-87-31-14-4-15-32-87)66-106(60-96)124-74-88-33-16-5-17-34-88)100-46-50-102(51-47-100)120-80-94-55-113(131-83-97-61-107(125-75-89-35-18-6-19-36-89)67-108(62-97)126-76-90-37-20-7-21-38-90)70-114(56-94)132-84-98-63-109(127-77-91-39-22-8-23-40-91)68-110(64-98)128-78-92-41-24-9-25-42-92/h2-25,27-42,44-51,53-70,115,118H,26,43,52,71-84H2,1H3/t115-/m0/s1. The zero-order valence-electron chi connectivity index (χ0n) is 73.8. The van der Waals surface area contributed by atoms with Gasteiger partial charge in [0.15, 0.2) is 0 Å². The van der Waals surface area contributed by atoms with Gasteiger partial charge in [-0.2, -0.15) is 0 Å². The van der Waals surface area contributed by atoms with Crippen LogP contribution in [-0.4, -0.2) is 29.6 Å². The van der Waals surface area contributed by atoms with Gasteiger partial charge < -0.3 is 71.4 Å². The van der Waals surface area contributed by atoms with Crippen LogP contribution in [0.25, 0.3) is 0 Å². The van der Waals surface area contributed by atoms with Crippen molar-refractivity contribution < 1.29 is 71.4 Å². The summed E-state index contributed by atoms with van der Waals surface area (Å²) in [6.45, 7) is 4.81. The Bertz CT molecular complexity index is 5350. The van der Waals surface area contributed by atoms with Gasteiger partial charge >= 0.3 is 0 Å². The van der Waals surface area contributed by atoms with Crippen LogP contribution in [0.15, 0.2) is 400 Å². The molecule has 1 fully saturated rings. The van der Waals surface area contributed by atoms with Crippen LogP contribution >= 0.6 is 0 Å². The summed E-state index contributed by atoms with van der Waals surface area (Å²) in [5, 5.41) is 13.6. The van der Waals surface area contributed by atoms with Gasteiger partial charge in [0, 0.05) is 42.4 Å². The first kappa shape index (κ1) is 88.7. The van der Waals surface area contributed by atoms with Crippen LogP contribution in [0, 0.1) is 0 Å². The number of ether oxygens (including phenoxy) is 14. The predicted octanol–water partition coefficient (Wildman–Crippen LogP) is 25.1. The summed E-state index contributed by atoms with van der Waals surface area (Å²) in [5.74, 6) is 8.56. The molecule has 0 amide bonds. The Morgan fingerprint density at radius 2 is 0.348 bits per heavy atom. The molecule has 0 spiro atoms. The van der Waals surface area contributed by atoms with Crippen molar-refractivity contribution in [3.8, 4) is 80.5 Å². The Morgan fingerprint density at radius 3 is 0.500 bits per heavy atom. The van der Waals surface area contributed by atoms with Gasteiger partial charge in [0.25, 0.3) is 0 Å². The number of benzene rings is 16. The lowest BCUT2D eigenvalue weighted by molar-refractivity contribution is 0.00461. The third-order valence-corrected chi connectivity index (χ3v) is 22.7. The van der Waals surface area contributed by atoms with Gasteiger partial charge in [-0.15, -0.1) is 0 Å². The average Bonchev–Trinajstić information content (AvgIpc) is 1.39. The van der Waals surface area contributed by atoms with Gasteiger partial charge in [0.2, 0.25) is 0 Å². The smallest absolute Gasteiger partial charge is 0.130 e. The first-order chi connectivity index (χ1) is 65.0. The fraction of sp³-hybridized carbons (Fsp3) is 0.172. The van der Waals surface area contributed by atoms with E-state index in [2.05, 4.69) is 11.9 Å². The van der Waals surface area contributed by atoms with E-state index in [9.17, 15) is 5.11 Å². The molecule has 1 saturated heterocycles. The summed E-state index contributed by atoms with van der Waals surface area (Å²) in [6.07, 6.45) is 1.70. The summed E-state index contributed by atoms with van der Waals surface area (Å²) in [6, 6.07) is 131. The molecule has 16 nitrogen and oxygen atoms in total. The molecule has 17 rings (SSSR count). The fourth-order valence-electron chi connectivity index (χ4n) is 15.8. The van der Waals surface area contributed by atoms with Gasteiger partial charge in [-0.05, 0) is 213 Å². The molecule has 1 heterocycles. The van der Waals surface area contributed by atoms with Crippen molar-refractivity contribution in [1.29, 1.82) is 0 Å². The minimum absolute atomic E-state index is 0.148. The highest BCUT2D eigenvalue weighted by atomic mass is 16.5. The highest BCUT2D eigenvalue weighted by molar-refractivity contribution is 5.49. The van der Waals surface area contributed by atoms with Crippen molar-refractivity contribution in [2.24, 2.45) is 0 Å². The molecule has 0 bridgehead atoms. The molecule has 0 radical (unpaired) electrons. The average molecular weight is 1750 g/mol. The summed E-state index contributed by atoms with van der Waals surface area (Å²) in [7, 11) is 2.08. The van der Waals surface area contributed by atoms with Crippen LogP contribution in [0.3, 0.4) is 0 Å². The second kappa shape index (κ2) is 45.1. The Labute approximate surface area is 772 Å². The van der Waals surface area contributed by atoms with E-state index >= 15 is 0 Å². The maximum absolute atomic E-state index is 13.6. The molecule has 16 aromatic carbocycles. The summed E-state index contributed by atoms with van der Waals surface area (Å²) < 4.78 is 91.8. The third kappa shape index (κ3) is 26.0. The first-order valence-corrected chi connectivity index (χ1v) is 44.6. The monoisotopic (exact) mass is 1750 g/mol. The minimum Gasteiger partial charge on any atom is -0.489 e. The number of nitrogens with zero attached hydrogens (tertiary/aromatic N) is 1. The Morgan fingerprint density at radius 1 is 0.197 bits per heavy atom. The van der Waals surface area contributed by atoms with Crippen molar-refractivity contribution >= 4 is 0 Å². The maximum Gasteiger partial charge on any atom is 0.130 e. The molecule has 16 aromatic rings. The third-order valence-electron chi connectivity index (χ3n) is 22.7. The van der Waals surface area contributed by atoms with E-state index in [4.69, 9.17) is 66.3 Å². The van der Waals surface area contributed by atoms with Gasteiger partial charge in [0.05, 0.1) is 0 Å². The molecule has 16 heteroatoms. The molecular formula is C116H105NO15. The number of rotatable bonds is 45. The Hall–Kier alpha value is -15.4. The lowest BCUT2D eigenvalue weighted by atomic mass is 9.79. The van der Waals surface area contributed by atoms with Gasteiger partial charge in [-0.1, -0.05) is 267 Å². The van der Waals surface area contributed by atoms with Gasteiger partial charge in [-0.3, -0.25) is 4.90 Å². The van der Waals surface area contributed by atoms with Crippen molar-refractivity contribution in [2.75, 3.05) is 13.6 Å². The van der Waals surface area contributed by atoms with E-state index in [0.29, 0.717) is 144 Å². The van der Waals surface area contributed by atoms with Crippen LogP contribution in [0.5, 0.6) is 80.5 Å². The SMILES string of the molecule is CN1CCC[C@H]1C(O)(c1ccc(OCc2cc(OCc3cc(OCc4ccccc4)cc(OCc4ccccc4)c3)cc(OCc3cc(OCc4ccccc4)cc(OCc4ccccc4)c3)c2)cc1)c1ccc(OCc2cc(OCc3cc(OCc4ccccc4)cc(OCc4ccccc4)c3)cc(OCc3cc(OCc4ccccc4)cc(OCc4ccccc4)c3)c2)cc1. The topological polar surface area (TPSA) is 153 Å². The summed E-state index contributed by atoms with van der Waals surface area (Å²) >= 11 is 0. The van der Waals surface area contributed by atoms with Crippen LogP contribution in [0.4, 0.5) is 0 Å². The Balaban J connectivity index is 0.617. The maximum atomic E-state index is 13.6. The predicted molar refractivity (Wildman–Crippen MR) is 512 cm³/mol. The normalized spacial score (nSPS) is 12.4. The second-order valence-electron chi connectivity index (χ2n) is 32.8. The van der Waals surface area contributed by atoms with E-state index < -0.39 is 5.60 Å². The largest absolute Gasteiger partial charge is 0.489 e. The highest BCUT2D eigenvalue weighted by Gasteiger charge is 2.44. The summed E-state index contributed by atoms with van der Waals surface area (Å²) in [4.78, 5) is 2.24. The van der Waals surface area contributed by atoms with E-state index in [1.54, 1.807) is 0 Å². The number of hydrogen-bond donors (Lipinski definition) is 1. The molecule has 132 heavy (non-hydrogen) atoms. The minimum atomic E-state index is -1.44. The van der Waals surface area contributed by atoms with Gasteiger partial charge in [-0.25, -0.2) is 0 Å². The van der Waals surface area contributed by atoms with Crippen molar-refractivity contribution in [3.05, 3.63) is 489 Å². The molecule has 1 aliphatic rings. The van der Waals surface area contributed by atoms with E-state index in [1.807, 2.05) is 400 Å². The zero-order valence-corrected chi connectivity index (χ0v) is 73.8. The quantitative estimate of drug-likeness (QED) is 0.0385. The fourth-order valence-corrected chi connectivity index (χ4v) is 15.8. The molecular weight excluding hydrogens is 1650 g/mol. The van der Waals surface area contributed by atoms with Crippen LogP contribution in [0.2, 0.25) is 0 Å². The van der Waals surface area contributed by atoms with Crippen molar-refractivity contribution in [1.82, 2.24) is 4.90 Å². The molecule has 0 aliphatic carbocycles. The van der Waals surface area contributed by atoms with E-state index in [1.165, 1.54) is 0 Å². The van der Waals surface area contributed by atoms with Gasteiger partial charge in [0.1, 0.15) is 179 Å². The number of hydrogen-bond acceptors (Lipinski definition) is 16. The van der Waals surface area contributed by atoms with E-state index in [-0.39, 0.29) is 45.7 Å². The lowest BCUT2D eigenvalue weighted by Gasteiger charge is -2.39. The number of likely N-dealkylation sites (N-methyl/N-ethyl adjacent to an activating group) is 1. The molecule has 0 unspecified atom stereocenters. The molecule has 0 saturated carbocycles. The first-order valence-electron chi connectivity index (χ1n) is 44.6. The summed E-state index contributed by atoms with van der Waals surface area (Å²) in [5.41, 5.74) is 13.2. The van der Waals surface area contributed by atoms with Crippen molar-refractivity contribution in [3.63, 3.8) is 0 Å². The Kier molecular flexibility index (Phi) is 30.3. The van der Waals surface area contributed by atoms with E-state index in [0.717, 1.165) is 97.3 Å². The highest BCUT2D eigenvalue weighted by Crippen LogP contribution is 2.42. The molecule has 1 aliphatic heterocycles. The molecule has 1 atom stereocenters. The van der Waals surface area contributed by atoms with Crippen molar-refractivity contribution in [2.45, 2.75) is 117 Å². The molecule has 664 valence electrons. The number of aliphatic hydroxyl groups is 1. The number of likely N-dealkylation sites (tertiary alicyclic amines) is 1. The lowest BCUT2D eigenvalue weighted by Crippen LogP contribution is -2.46. The molecule has 0 aromatic heterocycles. The van der Waals surface area contributed by atoms with Crippen LogP contribution in [-0.2, 0) is 98.1 Å². The molecule has 1 N–H and O–H groups in total.